The minimum atomic E-state index is -0.524. The number of carbonyl (C=O) groups excluding carboxylic acids is 1. The van der Waals surface area contributed by atoms with E-state index in [1.807, 2.05) is 43.9 Å². The van der Waals surface area contributed by atoms with Crippen LogP contribution in [-0.2, 0) is 11.3 Å². The van der Waals surface area contributed by atoms with E-state index < -0.39 is 5.60 Å². The third-order valence-electron chi connectivity index (χ3n) is 7.26. The number of aromatic hydroxyl groups is 1. The van der Waals surface area contributed by atoms with Crippen molar-refractivity contribution in [2.24, 2.45) is 10.2 Å². The molecule has 2 fully saturated rings. The average molecular weight is 518 g/mol. The lowest BCUT2D eigenvalue weighted by atomic mass is 10.1. The van der Waals surface area contributed by atoms with E-state index in [-0.39, 0.29) is 23.9 Å². The summed E-state index contributed by atoms with van der Waals surface area (Å²) in [5.74, 6) is 1.56. The number of amides is 1. The van der Waals surface area contributed by atoms with Crippen molar-refractivity contribution in [3.05, 3.63) is 47.3 Å². The Bertz CT molecular complexity index is 1460. The topological polar surface area (TPSA) is 113 Å². The summed E-state index contributed by atoms with van der Waals surface area (Å²) in [7, 11) is 1.63. The van der Waals surface area contributed by atoms with Gasteiger partial charge in [-0.3, -0.25) is 9.80 Å². The number of carbonyl (C=O) groups is 1. The van der Waals surface area contributed by atoms with Gasteiger partial charge < -0.3 is 19.0 Å². The number of likely N-dealkylation sites (tertiary alicyclic amines) is 1. The molecule has 3 aliphatic heterocycles. The van der Waals surface area contributed by atoms with Gasteiger partial charge in [0.15, 0.2) is 17.3 Å². The van der Waals surface area contributed by atoms with Crippen molar-refractivity contribution in [3.63, 3.8) is 0 Å². The van der Waals surface area contributed by atoms with Gasteiger partial charge in [-0.1, -0.05) is 0 Å². The number of hydrogen-bond donors (Lipinski definition) is 1. The summed E-state index contributed by atoms with van der Waals surface area (Å²) < 4.78 is 17.6. The highest BCUT2D eigenvalue weighted by atomic mass is 16.6. The fraction of sp³-hybridized carbons (Fsp3) is 0.429. The lowest BCUT2D eigenvalue weighted by Gasteiger charge is -2.41. The van der Waals surface area contributed by atoms with Gasteiger partial charge in [-0.25, -0.2) is 9.78 Å². The molecule has 0 aliphatic carbocycles. The first-order valence-corrected chi connectivity index (χ1v) is 12.9. The maximum absolute atomic E-state index is 12.9. The second-order valence-electron chi connectivity index (χ2n) is 11.0. The molecule has 0 spiro atoms. The second kappa shape index (κ2) is 9.13. The number of nitrogens with zero attached hydrogens (tertiary/aromatic N) is 5. The number of ether oxygens (including phenoxy) is 2. The Hall–Kier alpha value is -3.92. The van der Waals surface area contributed by atoms with E-state index in [1.54, 1.807) is 25.4 Å². The van der Waals surface area contributed by atoms with Crippen LogP contribution < -0.4 is 4.74 Å². The standard InChI is InChI=1S/C28H31N5O5/c1-28(2,3)38-27(35)33-16-7-8-17(33)14-32(13-16)15-20-22(36-4)10-9-19-24(34)23(37-25(19)20)12-21-18-6-5-11-29-26(18)31-30-21/h5-6,9-12,16-17,34H,7-8,13-15H2,1-4H3. The third kappa shape index (κ3) is 4.28. The molecule has 2 unspecified atom stereocenters. The maximum atomic E-state index is 12.9. The van der Waals surface area contributed by atoms with Gasteiger partial charge in [0.25, 0.3) is 0 Å². The summed E-state index contributed by atoms with van der Waals surface area (Å²) in [5, 5.41) is 19.9. The number of aromatic nitrogens is 1. The normalized spacial score (nSPS) is 21.9. The van der Waals surface area contributed by atoms with Gasteiger partial charge in [0, 0.05) is 49.6 Å². The molecule has 2 atom stereocenters. The van der Waals surface area contributed by atoms with Crippen molar-refractivity contribution in [3.8, 4) is 11.5 Å². The summed E-state index contributed by atoms with van der Waals surface area (Å²) in [4.78, 5) is 21.3. The Labute approximate surface area is 220 Å². The monoisotopic (exact) mass is 517 g/mol. The van der Waals surface area contributed by atoms with Crippen molar-refractivity contribution < 1.29 is 23.8 Å². The largest absolute Gasteiger partial charge is 0.504 e. The molecule has 2 aromatic heterocycles. The Morgan fingerprint density at radius 3 is 2.66 bits per heavy atom. The molecule has 3 aromatic rings. The summed E-state index contributed by atoms with van der Waals surface area (Å²) in [6.07, 6.45) is 5.01. The molecule has 10 heteroatoms. The number of azo groups is 1. The zero-order valence-electron chi connectivity index (χ0n) is 22.0. The first-order chi connectivity index (χ1) is 18.2. The molecule has 5 heterocycles. The average Bonchev–Trinajstić information content (AvgIpc) is 3.51. The van der Waals surface area contributed by atoms with Crippen molar-refractivity contribution in [1.29, 1.82) is 0 Å². The van der Waals surface area contributed by atoms with Crippen LogP contribution in [0.25, 0.3) is 22.7 Å². The number of piperazine rings is 1. The minimum Gasteiger partial charge on any atom is -0.504 e. The van der Waals surface area contributed by atoms with E-state index in [2.05, 4.69) is 20.1 Å². The van der Waals surface area contributed by atoms with Gasteiger partial charge in [-0.2, -0.15) is 0 Å². The van der Waals surface area contributed by atoms with Gasteiger partial charge in [0.2, 0.25) is 0 Å². The number of hydrogen-bond acceptors (Lipinski definition) is 9. The van der Waals surface area contributed by atoms with Crippen LogP contribution >= 0.6 is 0 Å². The van der Waals surface area contributed by atoms with Gasteiger partial charge in [0.05, 0.1) is 18.1 Å². The molecule has 0 saturated carbocycles. The number of rotatable bonds is 4. The summed E-state index contributed by atoms with van der Waals surface area (Å²) >= 11 is 0. The van der Waals surface area contributed by atoms with Gasteiger partial charge >= 0.3 is 6.09 Å². The smallest absolute Gasteiger partial charge is 0.410 e. The molecule has 1 aromatic carbocycles. The fourth-order valence-electron chi connectivity index (χ4n) is 5.66. The predicted molar refractivity (Wildman–Crippen MR) is 141 cm³/mol. The predicted octanol–water partition coefficient (Wildman–Crippen LogP) is 5.72. The molecule has 2 saturated heterocycles. The van der Waals surface area contributed by atoms with E-state index in [0.29, 0.717) is 40.5 Å². The fourth-order valence-corrected chi connectivity index (χ4v) is 5.66. The van der Waals surface area contributed by atoms with Crippen LogP contribution in [-0.4, -0.2) is 63.9 Å². The van der Waals surface area contributed by atoms with Crippen LogP contribution in [0.15, 0.2) is 45.1 Å². The molecular formula is C28H31N5O5. The first kappa shape index (κ1) is 24.4. The van der Waals surface area contributed by atoms with E-state index in [9.17, 15) is 9.90 Å². The van der Waals surface area contributed by atoms with E-state index in [0.717, 1.165) is 37.1 Å². The zero-order valence-corrected chi connectivity index (χ0v) is 22.0. The number of pyridine rings is 1. The van der Waals surface area contributed by atoms with Crippen molar-refractivity contribution in [2.75, 3.05) is 20.2 Å². The number of furan rings is 1. The second-order valence-corrected chi connectivity index (χ2v) is 11.0. The van der Waals surface area contributed by atoms with Crippen LogP contribution in [0.5, 0.6) is 11.5 Å². The van der Waals surface area contributed by atoms with Crippen LogP contribution in [0.2, 0.25) is 0 Å². The molecule has 2 bridgehead atoms. The molecule has 3 aliphatic rings. The molecule has 38 heavy (non-hydrogen) atoms. The highest BCUT2D eigenvalue weighted by molar-refractivity contribution is 5.95. The highest BCUT2D eigenvalue weighted by Crippen LogP contribution is 2.42. The zero-order chi connectivity index (χ0) is 26.6. The summed E-state index contributed by atoms with van der Waals surface area (Å²) in [5.41, 5.74) is 2.25. The molecule has 0 radical (unpaired) electrons. The molecular weight excluding hydrogens is 486 g/mol. The van der Waals surface area contributed by atoms with E-state index in [1.165, 1.54) is 0 Å². The SMILES string of the molecule is COc1ccc2c(O)c(C=C3N=Nc4ncccc43)oc2c1CN1CC2CCC(C1)N2C(=O)OC(C)(C)C. The van der Waals surface area contributed by atoms with Crippen molar-refractivity contribution in [1.82, 2.24) is 14.8 Å². The summed E-state index contributed by atoms with van der Waals surface area (Å²) in [6, 6.07) is 7.55. The van der Waals surface area contributed by atoms with Crippen molar-refractivity contribution in [2.45, 2.75) is 57.8 Å². The quantitative estimate of drug-likeness (QED) is 0.471. The first-order valence-electron chi connectivity index (χ1n) is 12.9. The Morgan fingerprint density at radius 1 is 1.18 bits per heavy atom. The lowest BCUT2D eigenvalue weighted by Crippen LogP contribution is -2.56. The molecule has 198 valence electrons. The van der Waals surface area contributed by atoms with Crippen molar-refractivity contribution >= 4 is 34.7 Å². The van der Waals surface area contributed by atoms with Crippen LogP contribution in [0.3, 0.4) is 0 Å². The molecule has 1 N–H and O–H groups in total. The highest BCUT2D eigenvalue weighted by Gasteiger charge is 2.44. The molecule has 1 amide bonds. The van der Waals surface area contributed by atoms with Gasteiger partial charge in [0.1, 0.15) is 22.6 Å². The lowest BCUT2D eigenvalue weighted by molar-refractivity contribution is -0.00550. The van der Waals surface area contributed by atoms with Gasteiger partial charge in [-0.15, -0.1) is 10.2 Å². The Kier molecular flexibility index (Phi) is 5.86. The van der Waals surface area contributed by atoms with Crippen LogP contribution in [0.4, 0.5) is 10.6 Å². The maximum Gasteiger partial charge on any atom is 0.410 e. The number of methoxy groups -OCH3 is 1. The summed E-state index contributed by atoms with van der Waals surface area (Å²) in [6.45, 7) is 7.69. The third-order valence-corrected chi connectivity index (χ3v) is 7.26. The molecule has 10 nitrogen and oxygen atoms in total. The van der Waals surface area contributed by atoms with Gasteiger partial charge in [-0.05, 0) is 57.9 Å². The minimum absolute atomic E-state index is 0.0405. The van der Waals surface area contributed by atoms with E-state index >= 15 is 0 Å². The molecule has 6 rings (SSSR count). The van der Waals surface area contributed by atoms with E-state index in [4.69, 9.17) is 13.9 Å². The van der Waals surface area contributed by atoms with Crippen LogP contribution in [0.1, 0.15) is 50.5 Å². The Balaban J connectivity index is 1.29. The number of fused-ring (bicyclic) bond motifs is 4. The number of benzene rings is 1. The van der Waals surface area contributed by atoms with Crippen LogP contribution in [0, 0.1) is 0 Å². The Morgan fingerprint density at radius 2 is 1.95 bits per heavy atom.